The molecule has 15 heavy (non-hydrogen) atoms. The van der Waals surface area contributed by atoms with Crippen LogP contribution in [0.4, 0.5) is 0 Å². The number of nitrogens with one attached hydrogen (secondary N) is 1. The molecule has 1 aromatic heterocycles. The Morgan fingerprint density at radius 3 is 3.20 bits per heavy atom. The van der Waals surface area contributed by atoms with E-state index in [0.29, 0.717) is 6.04 Å². The minimum Gasteiger partial charge on any atom is -0.481 e. The van der Waals surface area contributed by atoms with Crippen LogP contribution in [-0.2, 0) is 6.42 Å². The topological polar surface area (TPSA) is 34.1 Å². The Morgan fingerprint density at radius 1 is 1.67 bits per heavy atom. The van der Waals surface area contributed by atoms with Crippen LogP contribution in [0.5, 0.6) is 5.88 Å². The van der Waals surface area contributed by atoms with Crippen LogP contribution in [-0.4, -0.2) is 24.7 Å². The van der Waals surface area contributed by atoms with Gasteiger partial charge in [-0.1, -0.05) is 0 Å². The molecule has 3 nitrogen and oxygen atoms in total. The molecule has 1 saturated heterocycles. The van der Waals surface area contributed by atoms with Crippen LogP contribution in [0, 0.1) is 0 Å². The van der Waals surface area contributed by atoms with Crippen LogP contribution in [0.25, 0.3) is 0 Å². The van der Waals surface area contributed by atoms with Gasteiger partial charge in [0.05, 0.1) is 7.11 Å². The number of aromatic nitrogens is 1. The molecule has 2 heterocycles. The normalized spacial score (nSPS) is 20.5. The molecule has 2 rings (SSSR count). The van der Waals surface area contributed by atoms with E-state index in [-0.39, 0.29) is 0 Å². The van der Waals surface area contributed by atoms with Crippen molar-refractivity contribution < 1.29 is 4.74 Å². The number of hydrogen-bond acceptors (Lipinski definition) is 3. The highest BCUT2D eigenvalue weighted by molar-refractivity contribution is 9.10. The summed E-state index contributed by atoms with van der Waals surface area (Å²) >= 11 is 3.44. The van der Waals surface area contributed by atoms with E-state index >= 15 is 0 Å². The number of pyridine rings is 1. The Labute approximate surface area is 98.4 Å². The highest BCUT2D eigenvalue weighted by atomic mass is 79.9. The van der Waals surface area contributed by atoms with Crippen LogP contribution in [0.15, 0.2) is 16.7 Å². The molecule has 1 N–H and O–H groups in total. The van der Waals surface area contributed by atoms with Gasteiger partial charge >= 0.3 is 0 Å². The summed E-state index contributed by atoms with van der Waals surface area (Å²) in [5.74, 6) is 0.743. The molecule has 1 fully saturated rings. The number of nitrogens with zero attached hydrogens (tertiary/aromatic N) is 1. The first-order valence-electron chi connectivity index (χ1n) is 5.21. The van der Waals surface area contributed by atoms with Crippen molar-refractivity contribution in [3.8, 4) is 5.88 Å². The van der Waals surface area contributed by atoms with E-state index in [0.717, 1.165) is 23.3 Å². The van der Waals surface area contributed by atoms with Crippen LogP contribution in [0.3, 0.4) is 0 Å². The fourth-order valence-electron chi connectivity index (χ4n) is 2.00. The van der Waals surface area contributed by atoms with Crippen molar-refractivity contribution in [3.05, 3.63) is 22.3 Å². The molecule has 0 amide bonds. The first-order chi connectivity index (χ1) is 7.29. The number of hydrogen-bond donors (Lipinski definition) is 1. The average molecular weight is 271 g/mol. The smallest absolute Gasteiger partial charge is 0.216 e. The molecular formula is C11H15BrN2O. The highest BCUT2D eigenvalue weighted by Crippen LogP contribution is 2.23. The maximum absolute atomic E-state index is 5.25. The van der Waals surface area contributed by atoms with Gasteiger partial charge in [0.1, 0.15) is 0 Å². The number of methoxy groups -OCH3 is 1. The molecular weight excluding hydrogens is 256 g/mol. The molecule has 0 radical (unpaired) electrons. The molecule has 0 spiro atoms. The van der Waals surface area contributed by atoms with Gasteiger partial charge in [0, 0.05) is 22.3 Å². The van der Waals surface area contributed by atoms with Gasteiger partial charge in [-0.15, -0.1) is 0 Å². The first kappa shape index (κ1) is 10.9. The van der Waals surface area contributed by atoms with Crippen LogP contribution >= 0.6 is 15.9 Å². The predicted molar refractivity (Wildman–Crippen MR) is 63.2 cm³/mol. The van der Waals surface area contributed by atoms with E-state index in [2.05, 4.69) is 32.3 Å². The Kier molecular flexibility index (Phi) is 3.59. The average Bonchev–Trinajstić information content (AvgIpc) is 2.71. The summed E-state index contributed by atoms with van der Waals surface area (Å²) in [5, 5.41) is 3.48. The summed E-state index contributed by atoms with van der Waals surface area (Å²) in [7, 11) is 1.67. The van der Waals surface area contributed by atoms with Crippen LogP contribution < -0.4 is 10.1 Å². The lowest BCUT2D eigenvalue weighted by Crippen LogP contribution is -2.23. The summed E-state index contributed by atoms with van der Waals surface area (Å²) in [4.78, 5) is 4.24. The van der Waals surface area contributed by atoms with Gasteiger partial charge in [-0.2, -0.15) is 0 Å². The highest BCUT2D eigenvalue weighted by Gasteiger charge is 2.17. The third-order valence-electron chi connectivity index (χ3n) is 2.71. The quantitative estimate of drug-likeness (QED) is 0.914. The molecule has 82 valence electrons. The van der Waals surface area contributed by atoms with E-state index < -0.39 is 0 Å². The van der Waals surface area contributed by atoms with Crippen molar-refractivity contribution in [2.24, 2.45) is 0 Å². The summed E-state index contributed by atoms with van der Waals surface area (Å²) in [6, 6.07) is 2.67. The fraction of sp³-hybridized carbons (Fsp3) is 0.545. The number of ether oxygens (including phenoxy) is 1. The second kappa shape index (κ2) is 4.94. The van der Waals surface area contributed by atoms with Crippen molar-refractivity contribution in [2.45, 2.75) is 25.3 Å². The Morgan fingerprint density at radius 2 is 2.53 bits per heavy atom. The molecule has 1 atom stereocenters. The molecule has 1 unspecified atom stereocenters. The number of rotatable bonds is 3. The summed E-state index contributed by atoms with van der Waals surface area (Å²) in [5.41, 5.74) is 1.17. The molecule has 0 saturated carbocycles. The van der Waals surface area contributed by atoms with Gasteiger partial charge < -0.3 is 10.1 Å². The minimum atomic E-state index is 0.579. The lowest BCUT2D eigenvalue weighted by Gasteiger charge is -2.12. The second-order valence-electron chi connectivity index (χ2n) is 3.82. The van der Waals surface area contributed by atoms with Crippen molar-refractivity contribution >= 4 is 15.9 Å². The van der Waals surface area contributed by atoms with E-state index in [9.17, 15) is 0 Å². The Balaban J connectivity index is 2.14. The zero-order valence-electron chi connectivity index (χ0n) is 8.79. The Bertz CT molecular complexity index is 337. The molecule has 0 bridgehead atoms. The summed E-state index contributed by atoms with van der Waals surface area (Å²) in [6.45, 7) is 1.13. The van der Waals surface area contributed by atoms with E-state index in [1.54, 1.807) is 13.3 Å². The SMILES string of the molecule is COc1ncc(Br)cc1CC1CCCN1. The second-order valence-corrected chi connectivity index (χ2v) is 4.74. The Hall–Kier alpha value is -0.610. The molecule has 1 aliphatic rings. The largest absolute Gasteiger partial charge is 0.481 e. The van der Waals surface area contributed by atoms with E-state index in [1.165, 1.54) is 18.4 Å². The third kappa shape index (κ3) is 2.69. The van der Waals surface area contributed by atoms with E-state index in [4.69, 9.17) is 4.74 Å². The monoisotopic (exact) mass is 270 g/mol. The van der Waals surface area contributed by atoms with Crippen LogP contribution in [0.1, 0.15) is 18.4 Å². The van der Waals surface area contributed by atoms with Gasteiger partial charge in [0.25, 0.3) is 0 Å². The predicted octanol–water partition coefficient (Wildman–Crippen LogP) is 2.15. The lowest BCUT2D eigenvalue weighted by molar-refractivity contribution is 0.389. The van der Waals surface area contributed by atoms with Gasteiger partial charge in [0.2, 0.25) is 5.88 Å². The zero-order valence-corrected chi connectivity index (χ0v) is 10.4. The molecule has 1 aromatic rings. The van der Waals surface area contributed by atoms with E-state index in [1.807, 2.05) is 0 Å². The molecule has 4 heteroatoms. The van der Waals surface area contributed by atoms with Crippen molar-refractivity contribution in [1.29, 1.82) is 0 Å². The van der Waals surface area contributed by atoms with Crippen molar-refractivity contribution in [3.63, 3.8) is 0 Å². The summed E-state index contributed by atoms with van der Waals surface area (Å²) < 4.78 is 6.26. The van der Waals surface area contributed by atoms with Crippen LogP contribution in [0.2, 0.25) is 0 Å². The fourth-order valence-corrected chi connectivity index (χ4v) is 2.37. The first-order valence-corrected chi connectivity index (χ1v) is 6.00. The van der Waals surface area contributed by atoms with Gasteiger partial charge in [-0.3, -0.25) is 0 Å². The maximum atomic E-state index is 5.25. The van der Waals surface area contributed by atoms with Crippen molar-refractivity contribution in [1.82, 2.24) is 10.3 Å². The van der Waals surface area contributed by atoms with Gasteiger partial charge in [-0.25, -0.2) is 4.98 Å². The minimum absolute atomic E-state index is 0.579. The van der Waals surface area contributed by atoms with Gasteiger partial charge in [-0.05, 0) is 47.8 Å². The maximum Gasteiger partial charge on any atom is 0.216 e. The lowest BCUT2D eigenvalue weighted by atomic mass is 10.1. The number of halogens is 1. The molecule has 0 aromatic carbocycles. The van der Waals surface area contributed by atoms with Gasteiger partial charge in [0.15, 0.2) is 0 Å². The third-order valence-corrected chi connectivity index (χ3v) is 3.15. The summed E-state index contributed by atoms with van der Waals surface area (Å²) in [6.07, 6.45) is 5.28. The standard InChI is InChI=1S/C11H15BrN2O/c1-15-11-8(5-9(12)7-14-11)6-10-3-2-4-13-10/h5,7,10,13H,2-4,6H2,1H3. The molecule has 1 aliphatic heterocycles. The van der Waals surface area contributed by atoms with Crippen molar-refractivity contribution in [2.75, 3.05) is 13.7 Å². The molecule has 0 aliphatic carbocycles. The zero-order chi connectivity index (χ0) is 10.7.